The SMILES string of the molecule is C[C@@H]1CCC[C@H](C)N1CCCCCn1c(=O)c(-c2cccc(C(=N)N)c2)nc2ccc(NS(C)(=O)=O)cc21. The highest BCUT2D eigenvalue weighted by atomic mass is 32.2. The Morgan fingerprint density at radius 2 is 1.79 bits per heavy atom. The zero-order chi connectivity index (χ0) is 27.4. The third-order valence-electron chi connectivity index (χ3n) is 7.37. The van der Waals surface area contributed by atoms with Crippen LogP contribution in [0.2, 0.25) is 0 Å². The summed E-state index contributed by atoms with van der Waals surface area (Å²) in [4.78, 5) is 21.0. The number of nitrogens with two attached hydrogens (primary N) is 1. The smallest absolute Gasteiger partial charge is 0.277 e. The van der Waals surface area contributed by atoms with Gasteiger partial charge in [0.1, 0.15) is 11.5 Å². The number of piperidine rings is 1. The largest absolute Gasteiger partial charge is 0.384 e. The molecule has 0 aliphatic carbocycles. The Bertz CT molecular complexity index is 1470. The van der Waals surface area contributed by atoms with E-state index in [1.807, 2.05) is 0 Å². The van der Waals surface area contributed by atoms with Crippen molar-refractivity contribution in [3.63, 3.8) is 0 Å². The molecule has 0 spiro atoms. The molecule has 3 aromatic rings. The molecular formula is C28H38N6O3S. The third-order valence-corrected chi connectivity index (χ3v) is 7.98. The van der Waals surface area contributed by atoms with Gasteiger partial charge in [-0.15, -0.1) is 0 Å². The van der Waals surface area contributed by atoms with Gasteiger partial charge >= 0.3 is 0 Å². The number of likely N-dealkylation sites (tertiary alicyclic amines) is 1. The van der Waals surface area contributed by atoms with Crippen molar-refractivity contribution >= 4 is 32.6 Å². The monoisotopic (exact) mass is 538 g/mol. The van der Waals surface area contributed by atoms with Crippen molar-refractivity contribution in [3.05, 3.63) is 58.4 Å². The number of amidine groups is 1. The highest BCUT2D eigenvalue weighted by Crippen LogP contribution is 2.24. The van der Waals surface area contributed by atoms with E-state index >= 15 is 0 Å². The quantitative estimate of drug-likeness (QED) is 0.202. The number of aromatic nitrogens is 2. The van der Waals surface area contributed by atoms with E-state index in [0.29, 0.717) is 46.5 Å². The van der Waals surface area contributed by atoms with E-state index < -0.39 is 10.0 Å². The molecule has 9 nitrogen and oxygen atoms in total. The summed E-state index contributed by atoms with van der Waals surface area (Å²) in [6, 6.07) is 13.2. The molecule has 1 fully saturated rings. The Morgan fingerprint density at radius 3 is 2.47 bits per heavy atom. The summed E-state index contributed by atoms with van der Waals surface area (Å²) >= 11 is 0. The number of unbranched alkanes of at least 4 members (excludes halogenated alkanes) is 2. The van der Waals surface area contributed by atoms with Crippen LogP contribution in [0, 0.1) is 5.41 Å². The maximum atomic E-state index is 13.7. The number of rotatable bonds is 10. The Hall–Kier alpha value is -3.24. The van der Waals surface area contributed by atoms with Crippen molar-refractivity contribution in [2.24, 2.45) is 5.73 Å². The molecule has 0 amide bonds. The fourth-order valence-corrected chi connectivity index (χ4v) is 5.97. The molecule has 0 unspecified atom stereocenters. The van der Waals surface area contributed by atoms with E-state index in [1.165, 1.54) is 19.3 Å². The van der Waals surface area contributed by atoms with Crippen molar-refractivity contribution in [1.29, 1.82) is 5.41 Å². The van der Waals surface area contributed by atoms with E-state index in [0.717, 1.165) is 32.1 Å². The Balaban J connectivity index is 1.63. The highest BCUT2D eigenvalue weighted by Gasteiger charge is 2.23. The number of benzene rings is 2. The number of sulfonamides is 1. The van der Waals surface area contributed by atoms with Gasteiger partial charge in [0, 0.05) is 29.8 Å². The number of fused-ring (bicyclic) bond motifs is 1. The normalized spacial score (nSPS) is 18.5. The number of nitrogens with one attached hydrogen (secondary N) is 2. The Kier molecular flexibility index (Phi) is 8.52. The zero-order valence-corrected chi connectivity index (χ0v) is 23.2. The molecule has 0 bridgehead atoms. The summed E-state index contributed by atoms with van der Waals surface area (Å²) < 4.78 is 27.8. The molecule has 1 saturated heterocycles. The van der Waals surface area contributed by atoms with Gasteiger partial charge in [0.25, 0.3) is 5.56 Å². The van der Waals surface area contributed by atoms with Gasteiger partial charge in [-0.3, -0.25) is 19.8 Å². The van der Waals surface area contributed by atoms with Crippen LogP contribution >= 0.6 is 0 Å². The summed E-state index contributed by atoms with van der Waals surface area (Å²) in [6.07, 6.45) is 7.73. The minimum absolute atomic E-state index is 0.0817. The van der Waals surface area contributed by atoms with E-state index in [2.05, 4.69) is 28.5 Å². The van der Waals surface area contributed by atoms with Crippen LogP contribution in [-0.4, -0.2) is 53.6 Å². The summed E-state index contributed by atoms with van der Waals surface area (Å²) in [5.74, 6) is -0.0817. The molecule has 2 heterocycles. The lowest BCUT2D eigenvalue weighted by molar-refractivity contribution is 0.101. The van der Waals surface area contributed by atoms with Crippen LogP contribution in [-0.2, 0) is 16.6 Å². The number of nitrogens with zero attached hydrogens (tertiary/aromatic N) is 3. The lowest BCUT2D eigenvalue weighted by atomic mass is 9.97. The zero-order valence-electron chi connectivity index (χ0n) is 22.4. The second kappa shape index (κ2) is 11.7. The molecule has 4 N–H and O–H groups in total. The van der Waals surface area contributed by atoms with Crippen molar-refractivity contribution in [1.82, 2.24) is 14.5 Å². The third kappa shape index (κ3) is 6.60. The number of nitrogen functional groups attached to an aromatic ring is 1. The predicted molar refractivity (Wildman–Crippen MR) is 154 cm³/mol. The van der Waals surface area contributed by atoms with E-state index in [9.17, 15) is 13.2 Å². The second-order valence-electron chi connectivity index (χ2n) is 10.4. The molecule has 0 saturated carbocycles. The van der Waals surface area contributed by atoms with Gasteiger partial charge in [-0.1, -0.05) is 31.0 Å². The lowest BCUT2D eigenvalue weighted by Gasteiger charge is -2.39. The molecule has 2 aromatic carbocycles. The lowest BCUT2D eigenvalue weighted by Crippen LogP contribution is -2.44. The summed E-state index contributed by atoms with van der Waals surface area (Å²) in [7, 11) is -3.47. The van der Waals surface area contributed by atoms with Gasteiger partial charge in [-0.25, -0.2) is 13.4 Å². The number of hydrogen-bond donors (Lipinski definition) is 3. The first-order valence-electron chi connectivity index (χ1n) is 13.3. The fourth-order valence-electron chi connectivity index (χ4n) is 5.42. The molecule has 10 heteroatoms. The van der Waals surface area contributed by atoms with Crippen LogP contribution < -0.4 is 16.0 Å². The fraction of sp³-hybridized carbons (Fsp3) is 0.464. The van der Waals surface area contributed by atoms with Gasteiger partial charge in [0.05, 0.1) is 23.0 Å². The predicted octanol–water partition coefficient (Wildman–Crippen LogP) is 4.15. The van der Waals surface area contributed by atoms with Crippen molar-refractivity contribution in [2.45, 2.75) is 71.0 Å². The first kappa shape index (κ1) is 27.8. The number of aryl methyl sites for hydroxylation is 1. The molecular weight excluding hydrogens is 500 g/mol. The molecule has 204 valence electrons. The molecule has 4 rings (SSSR count). The van der Waals surface area contributed by atoms with Gasteiger partial charge in [0.15, 0.2) is 0 Å². The van der Waals surface area contributed by atoms with Crippen molar-refractivity contribution in [3.8, 4) is 11.3 Å². The average molecular weight is 539 g/mol. The Morgan fingerprint density at radius 1 is 1.08 bits per heavy atom. The van der Waals surface area contributed by atoms with Crippen LogP contribution in [0.1, 0.15) is 57.9 Å². The maximum absolute atomic E-state index is 13.7. The summed E-state index contributed by atoms with van der Waals surface area (Å²) in [6.45, 7) is 6.16. The minimum Gasteiger partial charge on any atom is -0.384 e. The molecule has 1 aromatic heterocycles. The van der Waals surface area contributed by atoms with E-state index in [-0.39, 0.29) is 17.1 Å². The van der Waals surface area contributed by atoms with Crippen molar-refractivity contribution < 1.29 is 8.42 Å². The molecule has 38 heavy (non-hydrogen) atoms. The average Bonchev–Trinajstić information content (AvgIpc) is 2.85. The Labute approximate surface area is 224 Å². The standard InChI is InChI=1S/C28H38N6O3S/c1-19-9-7-10-20(2)33(19)15-5-4-6-16-34-25-18-23(32-38(3,36)37)13-14-24(25)31-26(28(34)35)21-11-8-12-22(17-21)27(29)30/h8,11-14,17-20,32H,4-7,9-10,15-16H2,1-3H3,(H3,29,30)/t19-,20+. The van der Waals surface area contributed by atoms with Crippen LogP contribution in [0.25, 0.3) is 22.3 Å². The summed E-state index contributed by atoms with van der Waals surface area (Å²) in [5, 5.41) is 7.76. The second-order valence-corrected chi connectivity index (χ2v) is 12.2. The van der Waals surface area contributed by atoms with E-state index in [4.69, 9.17) is 11.1 Å². The molecule has 1 aliphatic heterocycles. The molecule has 1 aliphatic rings. The minimum atomic E-state index is -3.47. The first-order valence-corrected chi connectivity index (χ1v) is 15.2. The van der Waals surface area contributed by atoms with Gasteiger partial charge in [0.2, 0.25) is 10.0 Å². The van der Waals surface area contributed by atoms with Gasteiger partial charge in [-0.2, -0.15) is 0 Å². The molecule has 0 radical (unpaired) electrons. The van der Waals surface area contributed by atoms with Gasteiger partial charge in [-0.05, 0) is 70.3 Å². The number of hydrogen-bond acceptors (Lipinski definition) is 6. The number of anilines is 1. The molecule has 2 atom stereocenters. The highest BCUT2D eigenvalue weighted by molar-refractivity contribution is 7.92. The topological polar surface area (TPSA) is 134 Å². The van der Waals surface area contributed by atoms with Gasteiger partial charge < -0.3 is 10.3 Å². The van der Waals surface area contributed by atoms with Crippen LogP contribution in [0.5, 0.6) is 0 Å². The van der Waals surface area contributed by atoms with Crippen molar-refractivity contribution in [2.75, 3.05) is 17.5 Å². The van der Waals surface area contributed by atoms with Crippen LogP contribution in [0.3, 0.4) is 0 Å². The first-order chi connectivity index (χ1) is 18.0. The van der Waals surface area contributed by atoms with E-state index in [1.54, 1.807) is 47.0 Å². The maximum Gasteiger partial charge on any atom is 0.277 e. The van der Waals surface area contributed by atoms with Crippen LogP contribution in [0.4, 0.5) is 5.69 Å². The van der Waals surface area contributed by atoms with Crippen LogP contribution in [0.15, 0.2) is 47.3 Å². The summed E-state index contributed by atoms with van der Waals surface area (Å²) in [5.41, 5.74) is 8.35.